The van der Waals surface area contributed by atoms with Crippen LogP contribution >= 0.6 is 0 Å². The number of H-pyrrole nitrogens is 1. The minimum atomic E-state index is 0.0613. The molecule has 1 heterocycles. The molecule has 3 aromatic rings. The summed E-state index contributed by atoms with van der Waals surface area (Å²) >= 11 is 0. The van der Waals surface area contributed by atoms with E-state index in [0.717, 1.165) is 33.6 Å². The standard InChI is InChI=1S/C17H16N2O/c1-12(14-6-4-5-13(10-14)11-20)9-17-18-15-7-2-3-8-16(15)19-17/h2-10,20H,11H2,1H3,(H,18,19). The lowest BCUT2D eigenvalue weighted by Gasteiger charge is -2.03. The Morgan fingerprint density at radius 1 is 1.20 bits per heavy atom. The number of rotatable bonds is 3. The van der Waals surface area contributed by atoms with Gasteiger partial charge in [-0.25, -0.2) is 4.98 Å². The van der Waals surface area contributed by atoms with Gasteiger partial charge >= 0.3 is 0 Å². The maximum Gasteiger partial charge on any atom is 0.131 e. The number of benzene rings is 2. The first-order valence-corrected chi connectivity index (χ1v) is 6.59. The Hall–Kier alpha value is -2.39. The quantitative estimate of drug-likeness (QED) is 0.759. The Kier molecular flexibility index (Phi) is 3.35. The van der Waals surface area contributed by atoms with E-state index in [9.17, 15) is 5.11 Å². The molecule has 1 aromatic heterocycles. The van der Waals surface area contributed by atoms with Crippen LogP contribution in [0, 0.1) is 0 Å². The normalized spacial score (nSPS) is 12.0. The van der Waals surface area contributed by atoms with E-state index in [1.54, 1.807) is 0 Å². The van der Waals surface area contributed by atoms with Crippen molar-refractivity contribution in [2.45, 2.75) is 13.5 Å². The summed E-state index contributed by atoms with van der Waals surface area (Å²) in [4.78, 5) is 7.83. The molecule has 3 nitrogen and oxygen atoms in total. The predicted octanol–water partition coefficient (Wildman–Crippen LogP) is 3.62. The van der Waals surface area contributed by atoms with E-state index in [-0.39, 0.29) is 6.61 Å². The highest BCUT2D eigenvalue weighted by Gasteiger charge is 2.02. The number of fused-ring (bicyclic) bond motifs is 1. The fourth-order valence-corrected chi connectivity index (χ4v) is 2.24. The molecule has 0 fully saturated rings. The second-order valence-electron chi connectivity index (χ2n) is 4.83. The minimum Gasteiger partial charge on any atom is -0.392 e. The number of nitrogens with zero attached hydrogens (tertiary/aromatic N) is 1. The third-order valence-corrected chi connectivity index (χ3v) is 3.33. The summed E-state index contributed by atoms with van der Waals surface area (Å²) in [5.41, 5.74) is 5.13. The van der Waals surface area contributed by atoms with Crippen molar-refractivity contribution >= 4 is 22.7 Å². The third-order valence-electron chi connectivity index (χ3n) is 3.33. The van der Waals surface area contributed by atoms with Gasteiger partial charge in [-0.2, -0.15) is 0 Å². The molecule has 0 aliphatic rings. The Morgan fingerprint density at radius 2 is 2.05 bits per heavy atom. The molecule has 20 heavy (non-hydrogen) atoms. The van der Waals surface area contributed by atoms with Gasteiger partial charge in [0, 0.05) is 0 Å². The molecule has 0 amide bonds. The van der Waals surface area contributed by atoms with Crippen LogP contribution in [-0.4, -0.2) is 15.1 Å². The summed E-state index contributed by atoms with van der Waals surface area (Å²) in [5, 5.41) is 9.19. The van der Waals surface area contributed by atoms with Crippen LogP contribution in [0.25, 0.3) is 22.7 Å². The van der Waals surface area contributed by atoms with Crippen molar-refractivity contribution in [1.29, 1.82) is 0 Å². The maximum absolute atomic E-state index is 9.19. The van der Waals surface area contributed by atoms with Gasteiger partial charge in [0.2, 0.25) is 0 Å². The number of hydrogen-bond donors (Lipinski definition) is 2. The molecule has 100 valence electrons. The number of aliphatic hydroxyl groups is 1. The average molecular weight is 264 g/mol. The van der Waals surface area contributed by atoms with Crippen molar-refractivity contribution in [3.05, 3.63) is 65.5 Å². The molecule has 3 rings (SSSR count). The van der Waals surface area contributed by atoms with Gasteiger partial charge in [0.25, 0.3) is 0 Å². The van der Waals surface area contributed by atoms with Crippen LogP contribution < -0.4 is 0 Å². The second-order valence-corrected chi connectivity index (χ2v) is 4.83. The van der Waals surface area contributed by atoms with Crippen molar-refractivity contribution in [3.8, 4) is 0 Å². The van der Waals surface area contributed by atoms with E-state index in [1.165, 1.54) is 0 Å². The van der Waals surface area contributed by atoms with E-state index in [4.69, 9.17) is 0 Å². The van der Waals surface area contributed by atoms with Crippen LogP contribution in [0.15, 0.2) is 48.5 Å². The monoisotopic (exact) mass is 264 g/mol. The molecule has 0 bridgehead atoms. The lowest BCUT2D eigenvalue weighted by Crippen LogP contribution is -1.86. The molecule has 0 atom stereocenters. The van der Waals surface area contributed by atoms with Crippen molar-refractivity contribution in [2.75, 3.05) is 0 Å². The highest BCUT2D eigenvalue weighted by molar-refractivity contribution is 5.82. The molecular weight excluding hydrogens is 248 g/mol. The highest BCUT2D eigenvalue weighted by Crippen LogP contribution is 2.19. The smallest absolute Gasteiger partial charge is 0.131 e. The van der Waals surface area contributed by atoms with E-state index in [2.05, 4.69) is 9.97 Å². The van der Waals surface area contributed by atoms with Crippen molar-refractivity contribution in [3.63, 3.8) is 0 Å². The van der Waals surface area contributed by atoms with Crippen LogP contribution in [0.3, 0.4) is 0 Å². The van der Waals surface area contributed by atoms with E-state index < -0.39 is 0 Å². The van der Waals surface area contributed by atoms with Crippen molar-refractivity contribution in [1.82, 2.24) is 9.97 Å². The van der Waals surface area contributed by atoms with Gasteiger partial charge in [0.15, 0.2) is 0 Å². The maximum atomic E-state index is 9.19. The predicted molar refractivity (Wildman–Crippen MR) is 82.0 cm³/mol. The largest absolute Gasteiger partial charge is 0.392 e. The van der Waals surface area contributed by atoms with E-state index >= 15 is 0 Å². The lowest BCUT2D eigenvalue weighted by molar-refractivity contribution is 0.282. The molecule has 0 spiro atoms. The number of imidazole rings is 1. The van der Waals surface area contributed by atoms with Gasteiger partial charge in [-0.15, -0.1) is 0 Å². The fraction of sp³-hybridized carbons (Fsp3) is 0.118. The molecule has 0 radical (unpaired) electrons. The fourth-order valence-electron chi connectivity index (χ4n) is 2.24. The summed E-state index contributed by atoms with van der Waals surface area (Å²) in [6.07, 6.45) is 2.02. The van der Waals surface area contributed by atoms with Crippen LogP contribution in [-0.2, 0) is 6.61 Å². The Morgan fingerprint density at radius 3 is 2.85 bits per heavy atom. The molecule has 0 aliphatic carbocycles. The Balaban J connectivity index is 1.97. The molecule has 0 unspecified atom stereocenters. The summed E-state index contributed by atoms with van der Waals surface area (Å²) < 4.78 is 0. The first-order valence-electron chi connectivity index (χ1n) is 6.59. The van der Waals surface area contributed by atoms with Crippen LogP contribution in [0.4, 0.5) is 0 Å². The zero-order chi connectivity index (χ0) is 13.9. The number of aromatic nitrogens is 2. The summed E-state index contributed by atoms with van der Waals surface area (Å²) in [7, 11) is 0. The number of aromatic amines is 1. The molecule has 3 heteroatoms. The van der Waals surface area contributed by atoms with Gasteiger partial charge < -0.3 is 10.1 Å². The number of aliphatic hydroxyl groups excluding tert-OH is 1. The van der Waals surface area contributed by atoms with Crippen molar-refractivity contribution < 1.29 is 5.11 Å². The van der Waals surface area contributed by atoms with Gasteiger partial charge in [0.1, 0.15) is 5.82 Å². The highest BCUT2D eigenvalue weighted by atomic mass is 16.3. The second kappa shape index (κ2) is 5.31. The summed E-state index contributed by atoms with van der Waals surface area (Å²) in [6, 6.07) is 15.9. The Bertz CT molecular complexity index is 738. The SMILES string of the molecule is CC(=Cc1nc2ccccc2[nH]1)c1cccc(CO)c1. The third kappa shape index (κ3) is 2.49. The van der Waals surface area contributed by atoms with E-state index in [1.807, 2.05) is 61.5 Å². The average Bonchev–Trinajstić information content (AvgIpc) is 2.89. The first kappa shape index (κ1) is 12.6. The van der Waals surface area contributed by atoms with Crippen LogP contribution in [0.1, 0.15) is 23.9 Å². The molecule has 0 aliphatic heterocycles. The van der Waals surface area contributed by atoms with Gasteiger partial charge in [-0.05, 0) is 47.9 Å². The summed E-state index contributed by atoms with van der Waals surface area (Å²) in [6.45, 7) is 2.11. The van der Waals surface area contributed by atoms with Gasteiger partial charge in [0.05, 0.1) is 17.6 Å². The first-order chi connectivity index (χ1) is 9.76. The van der Waals surface area contributed by atoms with Crippen LogP contribution in [0.5, 0.6) is 0 Å². The molecule has 0 saturated heterocycles. The van der Waals surface area contributed by atoms with Crippen molar-refractivity contribution in [2.24, 2.45) is 0 Å². The summed E-state index contributed by atoms with van der Waals surface area (Å²) in [5.74, 6) is 0.845. The van der Waals surface area contributed by atoms with Crippen LogP contribution in [0.2, 0.25) is 0 Å². The molecular formula is C17H16N2O. The molecule has 0 saturated carbocycles. The minimum absolute atomic E-state index is 0.0613. The zero-order valence-electron chi connectivity index (χ0n) is 11.3. The molecule has 2 N–H and O–H groups in total. The van der Waals surface area contributed by atoms with Gasteiger partial charge in [-0.1, -0.05) is 30.3 Å². The lowest BCUT2D eigenvalue weighted by atomic mass is 10.0. The number of hydrogen-bond acceptors (Lipinski definition) is 2. The molecule has 2 aromatic carbocycles. The number of nitrogens with one attached hydrogen (secondary N) is 1. The zero-order valence-corrected chi connectivity index (χ0v) is 11.3. The number of allylic oxidation sites excluding steroid dienone is 1. The topological polar surface area (TPSA) is 48.9 Å². The number of para-hydroxylation sites is 2. The Labute approximate surface area is 117 Å². The van der Waals surface area contributed by atoms with Gasteiger partial charge in [-0.3, -0.25) is 0 Å². The van der Waals surface area contributed by atoms with E-state index in [0.29, 0.717) is 0 Å².